The van der Waals surface area contributed by atoms with Gasteiger partial charge in [-0.3, -0.25) is 4.79 Å². The normalized spacial score (nSPS) is 10.1. The SMILES string of the molecule is O=C(c1ccccc1)c1ccccc1[SiH3]. The highest BCUT2D eigenvalue weighted by Gasteiger charge is 2.09. The van der Waals surface area contributed by atoms with E-state index in [1.165, 1.54) is 0 Å². The third-order valence-electron chi connectivity index (χ3n) is 2.43. The van der Waals surface area contributed by atoms with Crippen LogP contribution in [0.2, 0.25) is 0 Å². The van der Waals surface area contributed by atoms with Gasteiger partial charge in [0.25, 0.3) is 0 Å². The molecule has 0 aliphatic heterocycles. The van der Waals surface area contributed by atoms with E-state index < -0.39 is 0 Å². The van der Waals surface area contributed by atoms with E-state index in [-0.39, 0.29) is 5.78 Å². The van der Waals surface area contributed by atoms with Crippen molar-refractivity contribution in [3.63, 3.8) is 0 Å². The molecule has 15 heavy (non-hydrogen) atoms. The molecule has 0 bridgehead atoms. The van der Waals surface area contributed by atoms with Crippen LogP contribution in [-0.4, -0.2) is 16.0 Å². The van der Waals surface area contributed by atoms with Crippen LogP contribution >= 0.6 is 0 Å². The molecule has 74 valence electrons. The molecular weight excluding hydrogens is 200 g/mol. The van der Waals surface area contributed by atoms with Crippen molar-refractivity contribution in [3.05, 3.63) is 65.7 Å². The second kappa shape index (κ2) is 4.23. The Bertz CT molecular complexity index is 477. The summed E-state index contributed by atoms with van der Waals surface area (Å²) >= 11 is 0. The van der Waals surface area contributed by atoms with E-state index in [0.717, 1.165) is 26.6 Å². The van der Waals surface area contributed by atoms with E-state index in [4.69, 9.17) is 0 Å². The lowest BCUT2D eigenvalue weighted by Crippen LogP contribution is -2.15. The summed E-state index contributed by atoms with van der Waals surface area (Å²) in [5.74, 6) is 0.126. The fraction of sp³-hybridized carbons (Fsp3) is 0. The molecular formula is C13H12OSi. The molecule has 2 heteroatoms. The van der Waals surface area contributed by atoms with Crippen molar-refractivity contribution >= 4 is 21.2 Å². The van der Waals surface area contributed by atoms with Crippen LogP contribution in [0.5, 0.6) is 0 Å². The van der Waals surface area contributed by atoms with Crippen molar-refractivity contribution in [1.29, 1.82) is 0 Å². The summed E-state index contributed by atoms with van der Waals surface area (Å²) in [4.78, 5) is 12.1. The molecule has 1 nitrogen and oxygen atoms in total. The summed E-state index contributed by atoms with van der Waals surface area (Å²) in [6, 6.07) is 17.2. The van der Waals surface area contributed by atoms with Gasteiger partial charge in [-0.05, 0) is 0 Å². The van der Waals surface area contributed by atoms with E-state index in [1.54, 1.807) is 0 Å². The predicted molar refractivity (Wildman–Crippen MR) is 65.9 cm³/mol. The molecule has 0 heterocycles. The smallest absolute Gasteiger partial charge is 0.192 e. The number of benzene rings is 2. The van der Waals surface area contributed by atoms with Gasteiger partial charge in [-0.2, -0.15) is 0 Å². The summed E-state index contributed by atoms with van der Waals surface area (Å²) < 4.78 is 0. The largest absolute Gasteiger partial charge is 0.289 e. The van der Waals surface area contributed by atoms with Crippen LogP contribution in [0.4, 0.5) is 0 Å². The highest BCUT2D eigenvalue weighted by atomic mass is 28.1. The second-order valence-electron chi connectivity index (χ2n) is 3.51. The molecule has 0 atom stereocenters. The van der Waals surface area contributed by atoms with E-state index in [1.807, 2.05) is 54.6 Å². The van der Waals surface area contributed by atoms with Crippen molar-refractivity contribution < 1.29 is 4.79 Å². The average molecular weight is 212 g/mol. The fourth-order valence-electron chi connectivity index (χ4n) is 1.57. The highest BCUT2D eigenvalue weighted by Crippen LogP contribution is 2.06. The van der Waals surface area contributed by atoms with Gasteiger partial charge in [0.2, 0.25) is 0 Å². The van der Waals surface area contributed by atoms with Gasteiger partial charge in [0, 0.05) is 21.4 Å². The van der Waals surface area contributed by atoms with Gasteiger partial charge in [0.15, 0.2) is 5.78 Å². The predicted octanol–water partition coefficient (Wildman–Crippen LogP) is 0.908. The molecule has 0 saturated carbocycles. The molecule has 2 aromatic carbocycles. The van der Waals surface area contributed by atoms with Crippen molar-refractivity contribution in [1.82, 2.24) is 0 Å². The Kier molecular flexibility index (Phi) is 2.78. The maximum atomic E-state index is 12.1. The average Bonchev–Trinajstić information content (AvgIpc) is 2.30. The minimum absolute atomic E-state index is 0.126. The molecule has 0 aliphatic carbocycles. The summed E-state index contributed by atoms with van der Waals surface area (Å²) in [5.41, 5.74) is 1.61. The maximum absolute atomic E-state index is 12.1. The lowest BCUT2D eigenvalue weighted by Gasteiger charge is -2.03. The van der Waals surface area contributed by atoms with Crippen LogP contribution in [0.25, 0.3) is 0 Å². The summed E-state index contributed by atoms with van der Waals surface area (Å²) in [7, 11) is 0.904. The number of carbonyl (C=O) groups excluding carboxylic acids is 1. The van der Waals surface area contributed by atoms with Gasteiger partial charge in [-0.25, -0.2) is 0 Å². The molecule has 2 rings (SSSR count). The Hall–Kier alpha value is -1.67. The Labute approximate surface area is 92.2 Å². The van der Waals surface area contributed by atoms with Crippen LogP contribution in [-0.2, 0) is 0 Å². The first kappa shape index (κ1) is 9.87. The number of ketones is 1. The molecule has 0 aliphatic rings. The summed E-state index contributed by atoms with van der Waals surface area (Å²) in [5, 5.41) is 1.16. The van der Waals surface area contributed by atoms with Gasteiger partial charge >= 0.3 is 0 Å². The highest BCUT2D eigenvalue weighted by molar-refractivity contribution is 6.37. The van der Waals surface area contributed by atoms with E-state index in [0.29, 0.717) is 0 Å². The number of carbonyl (C=O) groups is 1. The molecule has 0 spiro atoms. The third-order valence-corrected chi connectivity index (χ3v) is 3.30. The topological polar surface area (TPSA) is 17.1 Å². The van der Waals surface area contributed by atoms with Crippen molar-refractivity contribution in [2.75, 3.05) is 0 Å². The second-order valence-corrected chi connectivity index (χ2v) is 4.59. The van der Waals surface area contributed by atoms with Gasteiger partial charge in [-0.15, -0.1) is 0 Å². The molecule has 2 aromatic rings. The molecule has 0 radical (unpaired) electrons. The lowest BCUT2D eigenvalue weighted by molar-refractivity contribution is 0.104. The Morgan fingerprint density at radius 3 is 2.13 bits per heavy atom. The lowest BCUT2D eigenvalue weighted by atomic mass is 10.0. The monoisotopic (exact) mass is 212 g/mol. The van der Waals surface area contributed by atoms with Crippen molar-refractivity contribution in [2.24, 2.45) is 0 Å². The Morgan fingerprint density at radius 2 is 1.47 bits per heavy atom. The zero-order valence-electron chi connectivity index (χ0n) is 8.60. The van der Waals surface area contributed by atoms with Crippen LogP contribution in [0.1, 0.15) is 15.9 Å². The summed E-state index contributed by atoms with van der Waals surface area (Å²) in [6.45, 7) is 0. The zero-order valence-corrected chi connectivity index (χ0v) is 10.6. The van der Waals surface area contributed by atoms with Gasteiger partial charge < -0.3 is 0 Å². The zero-order chi connectivity index (χ0) is 10.7. The van der Waals surface area contributed by atoms with Crippen molar-refractivity contribution in [3.8, 4) is 0 Å². The minimum Gasteiger partial charge on any atom is -0.289 e. The summed E-state index contributed by atoms with van der Waals surface area (Å²) in [6.07, 6.45) is 0. The molecule has 0 fully saturated rings. The van der Waals surface area contributed by atoms with Gasteiger partial charge in [0.1, 0.15) is 0 Å². The van der Waals surface area contributed by atoms with Gasteiger partial charge in [0.05, 0.1) is 0 Å². The molecule has 0 saturated heterocycles. The van der Waals surface area contributed by atoms with Gasteiger partial charge in [-0.1, -0.05) is 59.8 Å². The third kappa shape index (κ3) is 2.05. The minimum atomic E-state index is 0.126. The van der Waals surface area contributed by atoms with Crippen LogP contribution in [0, 0.1) is 0 Å². The first-order chi connectivity index (χ1) is 7.29. The van der Waals surface area contributed by atoms with Crippen LogP contribution in [0.3, 0.4) is 0 Å². The van der Waals surface area contributed by atoms with E-state index in [2.05, 4.69) is 0 Å². The first-order valence-corrected chi connectivity index (χ1v) is 5.94. The van der Waals surface area contributed by atoms with E-state index >= 15 is 0 Å². The molecule has 0 N–H and O–H groups in total. The van der Waals surface area contributed by atoms with Crippen LogP contribution < -0.4 is 5.19 Å². The maximum Gasteiger partial charge on any atom is 0.192 e. The molecule has 0 aromatic heterocycles. The Balaban J connectivity index is 2.42. The molecule has 0 unspecified atom stereocenters. The van der Waals surface area contributed by atoms with E-state index in [9.17, 15) is 4.79 Å². The standard InChI is InChI=1S/C13H12OSi/c14-13(10-6-2-1-3-7-10)11-8-4-5-9-12(11)15/h1-9H,15H3. The Morgan fingerprint density at radius 1 is 0.867 bits per heavy atom. The van der Waals surface area contributed by atoms with Crippen molar-refractivity contribution in [2.45, 2.75) is 0 Å². The van der Waals surface area contributed by atoms with Crippen LogP contribution in [0.15, 0.2) is 54.6 Å². The number of hydrogen-bond donors (Lipinski definition) is 0. The fourth-order valence-corrected chi connectivity index (χ4v) is 2.16. The number of hydrogen-bond acceptors (Lipinski definition) is 1. The number of rotatable bonds is 2. The quantitative estimate of drug-likeness (QED) is 0.534. The first-order valence-electron chi connectivity index (χ1n) is 4.94. The molecule has 0 amide bonds.